The molecule has 0 unspecified atom stereocenters. The second kappa shape index (κ2) is 7.63. The summed E-state index contributed by atoms with van der Waals surface area (Å²) < 4.78 is 28.4. The summed E-state index contributed by atoms with van der Waals surface area (Å²) in [7, 11) is 0. The van der Waals surface area contributed by atoms with E-state index in [2.05, 4.69) is 10.3 Å². The zero-order valence-electron chi connectivity index (χ0n) is 11.2. The van der Waals surface area contributed by atoms with Gasteiger partial charge in [0.2, 0.25) is 0 Å². The molecule has 8 heteroatoms. The molecule has 7 nitrogen and oxygen atoms in total. The van der Waals surface area contributed by atoms with Gasteiger partial charge in [-0.1, -0.05) is 6.07 Å². The van der Waals surface area contributed by atoms with Crippen molar-refractivity contribution in [2.24, 2.45) is 0 Å². The Hall–Kier alpha value is -2.08. The molecule has 2 aromatic rings. The number of amides is 1. The molecule has 1 amide bonds. The molecular formula is C13H15AsN2O5. The molecule has 21 heavy (non-hydrogen) atoms. The molecule has 1 aromatic heterocycles. The molecule has 0 atom stereocenters. The first kappa shape index (κ1) is 17.0. The molecule has 0 spiro atoms. The van der Waals surface area contributed by atoms with Crippen molar-refractivity contribution in [1.82, 2.24) is 4.98 Å². The maximum Gasteiger partial charge on any atom is 0.0267 e. The predicted octanol–water partition coefficient (Wildman–Crippen LogP) is -0.00680. The van der Waals surface area contributed by atoms with Gasteiger partial charge in [0.1, 0.15) is 0 Å². The van der Waals surface area contributed by atoms with Crippen LogP contribution >= 0.6 is 0 Å². The number of rotatable bonds is 2. The third kappa shape index (κ3) is 6.27. The summed E-state index contributed by atoms with van der Waals surface area (Å²) in [5.41, 5.74) is 0.236. The number of benzene rings is 1. The molecule has 0 fully saturated rings. The van der Waals surface area contributed by atoms with E-state index in [0.717, 1.165) is 12.1 Å². The fourth-order valence-corrected chi connectivity index (χ4v) is 2.78. The number of anilines is 1. The van der Waals surface area contributed by atoms with Gasteiger partial charge in [0, 0.05) is 12.4 Å². The van der Waals surface area contributed by atoms with Crippen molar-refractivity contribution in [3.63, 3.8) is 0 Å². The largest absolute Gasteiger partial charge is 0.265 e. The molecule has 112 valence electrons. The second-order valence-corrected chi connectivity index (χ2v) is 7.25. The minimum absolute atomic E-state index is 0.236. The van der Waals surface area contributed by atoms with Crippen molar-refractivity contribution in [1.29, 1.82) is 0 Å². The Morgan fingerprint density at radius 3 is 2.19 bits per heavy atom. The van der Waals surface area contributed by atoms with Crippen LogP contribution in [-0.2, 0) is 8.53 Å². The van der Waals surface area contributed by atoms with Gasteiger partial charge in [0.15, 0.2) is 0 Å². The van der Waals surface area contributed by atoms with Crippen molar-refractivity contribution in [2.45, 2.75) is 6.92 Å². The number of carbonyl (C=O) groups excluding carboxylic acids is 1. The zero-order chi connectivity index (χ0) is 15.9. The van der Waals surface area contributed by atoms with Gasteiger partial charge in [-0.25, -0.2) is 0 Å². The van der Waals surface area contributed by atoms with Crippen LogP contribution in [0.15, 0.2) is 48.8 Å². The van der Waals surface area contributed by atoms with Crippen LogP contribution in [0.3, 0.4) is 0 Å². The molecule has 0 bridgehead atoms. The third-order valence-corrected chi connectivity index (χ3v) is 4.24. The number of aromatic hydroxyl groups is 1. The van der Waals surface area contributed by atoms with Crippen LogP contribution in [0.25, 0.3) is 0 Å². The van der Waals surface area contributed by atoms with Crippen LogP contribution in [0.1, 0.15) is 6.92 Å². The van der Waals surface area contributed by atoms with Crippen molar-refractivity contribution < 1.29 is 21.8 Å². The molecule has 0 aliphatic carbocycles. The molecule has 0 aliphatic heterocycles. The molecule has 2 rings (SSSR count). The first-order valence-corrected chi connectivity index (χ1v) is 9.20. The Labute approximate surface area is 124 Å². The van der Waals surface area contributed by atoms with E-state index in [0.29, 0.717) is 0 Å². The molecule has 4 N–H and O–H groups in total. The number of aromatic nitrogens is 1. The average Bonchev–Trinajstić information content (AvgIpc) is 2.42. The number of phenols is 1. The zero-order valence-corrected chi connectivity index (χ0v) is 13.0. The van der Waals surface area contributed by atoms with E-state index >= 15 is 0 Å². The van der Waals surface area contributed by atoms with E-state index in [4.69, 9.17) is 8.19 Å². The summed E-state index contributed by atoms with van der Waals surface area (Å²) in [5.74, 6) is -0.832. The fourth-order valence-electron chi connectivity index (χ4n) is 1.35. The van der Waals surface area contributed by atoms with E-state index in [1.54, 1.807) is 12.4 Å². The summed E-state index contributed by atoms with van der Waals surface area (Å²) >= 11 is -5.15. The van der Waals surface area contributed by atoms with Crippen LogP contribution in [0, 0.1) is 0 Å². The molecule has 0 saturated carbocycles. The second-order valence-electron chi connectivity index (χ2n) is 3.95. The van der Waals surface area contributed by atoms with E-state index < -0.39 is 24.3 Å². The van der Waals surface area contributed by atoms with Gasteiger partial charge >= 0.3 is 88.1 Å². The molecule has 0 saturated heterocycles. The Bertz CT molecular complexity index is 616. The van der Waals surface area contributed by atoms with Gasteiger partial charge in [0.05, 0.1) is 0 Å². The van der Waals surface area contributed by atoms with Crippen LogP contribution in [-0.4, -0.2) is 38.4 Å². The number of nitrogens with one attached hydrogen (secondary N) is 1. The van der Waals surface area contributed by atoms with Gasteiger partial charge in [-0.15, -0.1) is 0 Å². The Morgan fingerprint density at radius 1 is 1.19 bits per heavy atom. The van der Waals surface area contributed by atoms with Crippen LogP contribution in [0.4, 0.5) is 5.69 Å². The molecule has 0 radical (unpaired) electrons. The minimum atomic E-state index is -5.15. The van der Waals surface area contributed by atoms with Gasteiger partial charge in [-0.3, -0.25) is 4.98 Å². The van der Waals surface area contributed by atoms with Crippen LogP contribution in [0.2, 0.25) is 0 Å². The maximum atomic E-state index is 11.0. The van der Waals surface area contributed by atoms with Gasteiger partial charge in [0.25, 0.3) is 0 Å². The van der Waals surface area contributed by atoms with Crippen molar-refractivity contribution in [3.8, 4) is 5.75 Å². The number of carbonyl (C=O) groups is 1. The standard InChI is InChI=1S/C8H10AsNO5.C5H5N/c1-5(11)10-6-2-3-8(12)7(4-6)9(13,14)15;1-2-4-6-5-3-1/h2-4,12H,1H3,(H,10,11)(H2,13,14,15);1-5H. The van der Waals surface area contributed by atoms with E-state index in [-0.39, 0.29) is 11.6 Å². The summed E-state index contributed by atoms with van der Waals surface area (Å²) in [4.78, 5) is 14.5. The van der Waals surface area contributed by atoms with E-state index in [9.17, 15) is 13.6 Å². The van der Waals surface area contributed by atoms with E-state index in [1.807, 2.05) is 18.2 Å². The quantitative estimate of drug-likeness (QED) is 0.445. The van der Waals surface area contributed by atoms with Gasteiger partial charge < -0.3 is 0 Å². The molecule has 1 aromatic carbocycles. The third-order valence-electron chi connectivity index (χ3n) is 2.18. The number of pyridine rings is 1. The Morgan fingerprint density at radius 2 is 1.81 bits per heavy atom. The van der Waals surface area contributed by atoms with Crippen molar-refractivity contribution >= 4 is 30.1 Å². The first-order valence-electron chi connectivity index (χ1n) is 5.82. The number of hydrogen-bond acceptors (Lipinski definition) is 4. The average molecular weight is 354 g/mol. The van der Waals surface area contributed by atoms with Gasteiger partial charge in [-0.2, -0.15) is 0 Å². The molecule has 1 heterocycles. The summed E-state index contributed by atoms with van der Waals surface area (Å²) in [6, 6.07) is 9.26. The number of hydrogen-bond donors (Lipinski definition) is 4. The number of phenolic OH excluding ortho intramolecular Hbond substituents is 1. The first-order chi connectivity index (χ1) is 9.80. The summed E-state index contributed by atoms with van der Waals surface area (Å²) in [6.45, 7) is 1.27. The summed E-state index contributed by atoms with van der Waals surface area (Å²) in [5, 5.41) is 11.6. The molecular weight excluding hydrogens is 339 g/mol. The van der Waals surface area contributed by atoms with Crippen molar-refractivity contribution in [2.75, 3.05) is 5.32 Å². The Kier molecular flexibility index (Phi) is 6.17. The molecule has 0 aliphatic rings. The van der Waals surface area contributed by atoms with E-state index in [1.165, 1.54) is 13.0 Å². The smallest absolute Gasteiger partial charge is 0.0267 e. The van der Waals surface area contributed by atoms with Crippen LogP contribution < -0.4 is 9.67 Å². The predicted molar refractivity (Wildman–Crippen MR) is 77.2 cm³/mol. The monoisotopic (exact) mass is 354 g/mol. The van der Waals surface area contributed by atoms with Crippen molar-refractivity contribution in [3.05, 3.63) is 48.8 Å². The van der Waals surface area contributed by atoms with Gasteiger partial charge in [-0.05, 0) is 12.1 Å². The SMILES string of the molecule is CC(=O)Nc1ccc(O)c([As](=O)(O)O)c1.c1ccncc1. The maximum absolute atomic E-state index is 11.0. The number of nitrogens with zero attached hydrogens (tertiary/aromatic N) is 1. The normalized spacial score (nSPS) is 10.2. The Balaban J connectivity index is 0.000000304. The minimum Gasteiger partial charge on any atom is -0.265 e. The summed E-state index contributed by atoms with van der Waals surface area (Å²) in [6.07, 6.45) is 3.50. The van der Waals surface area contributed by atoms with Crippen LogP contribution in [0.5, 0.6) is 5.75 Å². The fraction of sp³-hybridized carbons (Fsp3) is 0.0769. The topological polar surface area (TPSA) is 120 Å².